The van der Waals surface area contributed by atoms with Crippen LogP contribution in [0.5, 0.6) is 0 Å². The predicted octanol–water partition coefficient (Wildman–Crippen LogP) is 2.92. The molecule has 9 heteroatoms. The van der Waals surface area contributed by atoms with E-state index in [9.17, 15) is 19.7 Å². The van der Waals surface area contributed by atoms with Gasteiger partial charge in [-0.1, -0.05) is 23.7 Å². The van der Waals surface area contributed by atoms with E-state index in [0.717, 1.165) is 6.07 Å². The average Bonchev–Trinajstić information content (AvgIpc) is 2.60. The van der Waals surface area contributed by atoms with Crippen LogP contribution < -0.4 is 5.32 Å². The normalized spacial score (nSPS) is 9.76. The van der Waals surface area contributed by atoms with Crippen molar-refractivity contribution in [3.63, 3.8) is 0 Å². The fraction of sp³-hybridized carbons (Fsp3) is 0.0625. The van der Waals surface area contributed by atoms with Gasteiger partial charge in [-0.3, -0.25) is 14.9 Å². The van der Waals surface area contributed by atoms with E-state index in [0.29, 0.717) is 0 Å². The highest BCUT2D eigenvalue weighted by Crippen LogP contribution is 2.25. The zero-order valence-corrected chi connectivity index (χ0v) is 13.3. The number of anilines is 1. The number of hydrogen-bond donors (Lipinski definition) is 1. The maximum absolute atomic E-state index is 11.9. The lowest BCUT2D eigenvalue weighted by atomic mass is 10.2. The number of carbonyl (C=O) groups is 2. The quantitative estimate of drug-likeness (QED) is 0.497. The van der Waals surface area contributed by atoms with Crippen molar-refractivity contribution in [3.8, 4) is 6.07 Å². The summed E-state index contributed by atoms with van der Waals surface area (Å²) in [6.45, 7) is -0.616. The minimum atomic E-state index is -0.913. The highest BCUT2D eigenvalue weighted by molar-refractivity contribution is 6.32. The highest BCUT2D eigenvalue weighted by atomic mass is 35.5. The number of nitrogens with one attached hydrogen (secondary N) is 1. The number of nitro benzene ring substituents is 1. The smallest absolute Gasteiger partial charge is 0.338 e. The summed E-state index contributed by atoms with van der Waals surface area (Å²) in [5.41, 5.74) is -0.00600. The van der Waals surface area contributed by atoms with Gasteiger partial charge in [0.25, 0.3) is 11.6 Å². The molecule has 126 valence electrons. The van der Waals surface area contributed by atoms with Crippen molar-refractivity contribution >= 4 is 34.9 Å². The Labute approximate surface area is 146 Å². The highest BCUT2D eigenvalue weighted by Gasteiger charge is 2.18. The second-order valence-electron chi connectivity index (χ2n) is 4.70. The number of ether oxygens (including phenoxy) is 1. The third-order valence-corrected chi connectivity index (χ3v) is 3.35. The molecule has 0 bridgehead atoms. The molecule has 0 spiro atoms. The lowest BCUT2D eigenvalue weighted by Gasteiger charge is -2.08. The molecule has 1 N–H and O–H groups in total. The van der Waals surface area contributed by atoms with Gasteiger partial charge in [-0.05, 0) is 24.3 Å². The van der Waals surface area contributed by atoms with Crippen LogP contribution in [0.1, 0.15) is 15.9 Å². The molecule has 0 fully saturated rings. The van der Waals surface area contributed by atoms with Gasteiger partial charge in [0.15, 0.2) is 6.61 Å². The van der Waals surface area contributed by atoms with Gasteiger partial charge in [-0.25, -0.2) is 4.79 Å². The molecule has 2 aromatic carbocycles. The molecule has 0 atom stereocenters. The predicted molar refractivity (Wildman–Crippen MR) is 88.2 cm³/mol. The molecular formula is C16H10ClN3O5. The van der Waals surface area contributed by atoms with Crippen LogP contribution in [-0.2, 0) is 9.53 Å². The number of nitro groups is 1. The zero-order chi connectivity index (χ0) is 18.4. The fourth-order valence-corrected chi connectivity index (χ4v) is 2.06. The van der Waals surface area contributed by atoms with E-state index in [1.165, 1.54) is 24.3 Å². The summed E-state index contributed by atoms with van der Waals surface area (Å²) in [4.78, 5) is 33.8. The zero-order valence-electron chi connectivity index (χ0n) is 12.6. The van der Waals surface area contributed by atoms with Crippen molar-refractivity contribution < 1.29 is 19.2 Å². The van der Waals surface area contributed by atoms with E-state index >= 15 is 0 Å². The number of amides is 1. The Kier molecular flexibility index (Phi) is 5.66. The average molecular weight is 360 g/mol. The molecule has 0 aliphatic rings. The molecule has 25 heavy (non-hydrogen) atoms. The number of hydrogen-bond acceptors (Lipinski definition) is 6. The van der Waals surface area contributed by atoms with Gasteiger partial charge >= 0.3 is 5.97 Å². The lowest BCUT2D eigenvalue weighted by molar-refractivity contribution is -0.384. The number of para-hydroxylation sites is 1. The topological polar surface area (TPSA) is 122 Å². The maximum Gasteiger partial charge on any atom is 0.338 e. The lowest BCUT2D eigenvalue weighted by Crippen LogP contribution is -2.21. The first-order chi connectivity index (χ1) is 11.9. The molecule has 0 saturated carbocycles. The molecular weight excluding hydrogens is 350 g/mol. The first-order valence-electron chi connectivity index (χ1n) is 6.82. The minimum absolute atomic E-state index is 0.110. The van der Waals surface area contributed by atoms with E-state index in [4.69, 9.17) is 21.6 Å². The molecule has 0 heterocycles. The fourth-order valence-electron chi connectivity index (χ4n) is 1.87. The van der Waals surface area contributed by atoms with Crippen LogP contribution >= 0.6 is 11.6 Å². The van der Waals surface area contributed by atoms with Crippen molar-refractivity contribution in [2.24, 2.45) is 0 Å². The Bertz CT molecular complexity index is 892. The summed E-state index contributed by atoms with van der Waals surface area (Å²) >= 11 is 5.66. The summed E-state index contributed by atoms with van der Waals surface area (Å²) in [5.74, 6) is -1.57. The minimum Gasteiger partial charge on any atom is -0.452 e. The molecule has 0 aliphatic heterocycles. The van der Waals surface area contributed by atoms with Crippen LogP contribution in [0.25, 0.3) is 0 Å². The Hall–Kier alpha value is -3.44. The van der Waals surface area contributed by atoms with Crippen LogP contribution in [0.3, 0.4) is 0 Å². The second kappa shape index (κ2) is 7.90. The first kappa shape index (κ1) is 17.9. The van der Waals surface area contributed by atoms with E-state index in [1.807, 2.05) is 6.07 Å². The van der Waals surface area contributed by atoms with Gasteiger partial charge in [-0.15, -0.1) is 0 Å². The molecule has 0 aromatic heterocycles. The van der Waals surface area contributed by atoms with E-state index in [2.05, 4.69) is 5.32 Å². The molecule has 2 aromatic rings. The van der Waals surface area contributed by atoms with Gasteiger partial charge in [0.05, 0.1) is 21.7 Å². The van der Waals surface area contributed by atoms with Crippen LogP contribution in [0.15, 0.2) is 42.5 Å². The van der Waals surface area contributed by atoms with Crippen molar-refractivity contribution in [3.05, 3.63) is 68.7 Å². The molecule has 0 saturated heterocycles. The van der Waals surface area contributed by atoms with Gasteiger partial charge in [0.1, 0.15) is 11.1 Å². The SMILES string of the molecule is N#Cc1ccccc1NC(=O)COC(=O)c1ccc(Cl)c([N+](=O)[O-])c1. The number of esters is 1. The van der Waals surface area contributed by atoms with Crippen molar-refractivity contribution in [2.75, 3.05) is 11.9 Å². The molecule has 0 radical (unpaired) electrons. The van der Waals surface area contributed by atoms with Gasteiger partial charge < -0.3 is 10.1 Å². The molecule has 2 rings (SSSR count). The summed E-state index contributed by atoms with van der Waals surface area (Å²) in [7, 11) is 0. The van der Waals surface area contributed by atoms with Crippen molar-refractivity contribution in [1.82, 2.24) is 0 Å². The Morgan fingerprint density at radius 1 is 1.28 bits per heavy atom. The second-order valence-corrected chi connectivity index (χ2v) is 5.11. The number of halogens is 1. The van der Waals surface area contributed by atoms with Gasteiger partial charge in [0.2, 0.25) is 0 Å². The first-order valence-corrected chi connectivity index (χ1v) is 7.20. The van der Waals surface area contributed by atoms with Crippen molar-refractivity contribution in [1.29, 1.82) is 5.26 Å². The van der Waals surface area contributed by atoms with E-state index in [-0.39, 0.29) is 21.8 Å². The Morgan fingerprint density at radius 2 is 2.00 bits per heavy atom. The molecule has 1 amide bonds. The number of carbonyl (C=O) groups excluding carboxylic acids is 2. The number of nitrogens with zero attached hydrogens (tertiary/aromatic N) is 2. The number of rotatable bonds is 5. The van der Waals surface area contributed by atoms with Gasteiger partial charge in [0, 0.05) is 6.07 Å². The van der Waals surface area contributed by atoms with Gasteiger partial charge in [-0.2, -0.15) is 5.26 Å². The van der Waals surface area contributed by atoms with E-state index < -0.39 is 29.1 Å². The van der Waals surface area contributed by atoms with Crippen LogP contribution in [0.2, 0.25) is 5.02 Å². The largest absolute Gasteiger partial charge is 0.452 e. The summed E-state index contributed by atoms with van der Waals surface area (Å²) in [6.07, 6.45) is 0. The molecule has 8 nitrogen and oxygen atoms in total. The van der Waals surface area contributed by atoms with E-state index in [1.54, 1.807) is 12.1 Å². The monoisotopic (exact) mass is 359 g/mol. The third-order valence-electron chi connectivity index (χ3n) is 3.03. The summed E-state index contributed by atoms with van der Waals surface area (Å²) < 4.78 is 4.81. The Balaban J connectivity index is 2.00. The summed E-state index contributed by atoms with van der Waals surface area (Å²) in [5, 5.41) is 22.1. The molecule has 0 aliphatic carbocycles. The molecule has 0 unspecified atom stereocenters. The maximum atomic E-state index is 11.9. The van der Waals surface area contributed by atoms with Crippen molar-refractivity contribution in [2.45, 2.75) is 0 Å². The number of nitriles is 1. The Morgan fingerprint density at radius 3 is 2.68 bits per heavy atom. The van der Waals surface area contributed by atoms with Crippen LogP contribution in [0, 0.1) is 21.4 Å². The third kappa shape index (κ3) is 4.53. The van der Waals surface area contributed by atoms with Crippen LogP contribution in [0.4, 0.5) is 11.4 Å². The van der Waals surface area contributed by atoms with Crippen LogP contribution in [-0.4, -0.2) is 23.4 Å². The standard InChI is InChI=1S/C16H10ClN3O5/c17-12-6-5-10(7-14(12)20(23)24)16(22)25-9-15(21)19-13-4-2-1-3-11(13)8-18/h1-7H,9H2,(H,19,21). The summed E-state index contributed by atoms with van der Waals surface area (Å²) in [6, 6.07) is 11.7. The number of benzene rings is 2.